The Morgan fingerprint density at radius 2 is 2.20 bits per heavy atom. The van der Waals surface area contributed by atoms with Crippen LogP contribution in [0.1, 0.15) is 41.8 Å². The van der Waals surface area contributed by atoms with Gasteiger partial charge in [-0.15, -0.1) is 0 Å². The van der Waals surface area contributed by atoms with Crippen LogP contribution in [0.4, 0.5) is 0 Å². The Kier molecular flexibility index (Phi) is 4.32. The standard InChI is InChI=1S/C14H20N4O2/c1-9-16-12(7-13(17-9)14(15)20)6-11-4-3-5-18(8-11)10(2)19/h7,11H,3-6,8H2,1-2H3,(H2,15,20)/t11-/m1/s1. The second-order valence-corrected chi connectivity index (χ2v) is 5.33. The first-order valence-electron chi connectivity index (χ1n) is 6.85. The second kappa shape index (κ2) is 5.98. The lowest BCUT2D eigenvalue weighted by molar-refractivity contribution is -0.130. The number of amides is 2. The molecule has 1 aromatic heterocycles. The second-order valence-electron chi connectivity index (χ2n) is 5.33. The number of carbonyl (C=O) groups excluding carboxylic acids is 2. The van der Waals surface area contributed by atoms with Gasteiger partial charge in [-0.2, -0.15) is 0 Å². The molecule has 0 radical (unpaired) electrons. The van der Waals surface area contributed by atoms with Crippen molar-refractivity contribution < 1.29 is 9.59 Å². The number of aromatic nitrogens is 2. The number of hydrogen-bond donors (Lipinski definition) is 1. The summed E-state index contributed by atoms with van der Waals surface area (Å²) < 4.78 is 0. The highest BCUT2D eigenvalue weighted by Crippen LogP contribution is 2.20. The van der Waals surface area contributed by atoms with Crippen molar-refractivity contribution in [1.29, 1.82) is 0 Å². The Morgan fingerprint density at radius 3 is 2.85 bits per heavy atom. The topological polar surface area (TPSA) is 89.2 Å². The van der Waals surface area contributed by atoms with Crippen LogP contribution in [0.5, 0.6) is 0 Å². The zero-order valence-corrected chi connectivity index (χ0v) is 11.9. The maximum atomic E-state index is 11.4. The summed E-state index contributed by atoms with van der Waals surface area (Å²) in [5.74, 6) is 0.510. The third-order valence-electron chi connectivity index (χ3n) is 3.61. The number of nitrogens with zero attached hydrogens (tertiary/aromatic N) is 3. The van der Waals surface area contributed by atoms with E-state index < -0.39 is 5.91 Å². The van der Waals surface area contributed by atoms with Crippen molar-refractivity contribution in [2.45, 2.75) is 33.1 Å². The van der Waals surface area contributed by atoms with Gasteiger partial charge in [-0.25, -0.2) is 9.97 Å². The van der Waals surface area contributed by atoms with E-state index in [-0.39, 0.29) is 11.6 Å². The van der Waals surface area contributed by atoms with Crippen molar-refractivity contribution >= 4 is 11.8 Å². The Labute approximate surface area is 118 Å². The van der Waals surface area contributed by atoms with Gasteiger partial charge in [-0.1, -0.05) is 0 Å². The van der Waals surface area contributed by atoms with Crippen molar-refractivity contribution in [3.05, 3.63) is 23.3 Å². The number of nitrogens with two attached hydrogens (primary N) is 1. The van der Waals surface area contributed by atoms with Gasteiger partial charge in [0.1, 0.15) is 11.5 Å². The summed E-state index contributed by atoms with van der Waals surface area (Å²) in [4.78, 5) is 32.9. The molecule has 1 fully saturated rings. The third kappa shape index (κ3) is 3.53. The van der Waals surface area contributed by atoms with Crippen LogP contribution in [0, 0.1) is 12.8 Å². The van der Waals surface area contributed by atoms with Crippen molar-refractivity contribution in [3.63, 3.8) is 0 Å². The van der Waals surface area contributed by atoms with Crippen molar-refractivity contribution in [2.75, 3.05) is 13.1 Å². The SMILES string of the molecule is CC(=O)N1CCC[C@H](Cc2cc(C(N)=O)nc(C)n2)C1. The first kappa shape index (κ1) is 14.4. The lowest BCUT2D eigenvalue weighted by atomic mass is 9.93. The number of hydrogen-bond acceptors (Lipinski definition) is 4. The highest BCUT2D eigenvalue weighted by molar-refractivity contribution is 5.90. The Bertz CT molecular complexity index is 530. The number of aryl methyl sites for hydroxylation is 1. The zero-order valence-electron chi connectivity index (χ0n) is 11.9. The number of carbonyl (C=O) groups is 2. The molecule has 0 aliphatic carbocycles. The Balaban J connectivity index is 2.09. The summed E-state index contributed by atoms with van der Waals surface area (Å²) in [6.07, 6.45) is 2.82. The normalized spacial score (nSPS) is 18.9. The molecule has 0 unspecified atom stereocenters. The summed E-state index contributed by atoms with van der Waals surface area (Å²) >= 11 is 0. The number of primary amides is 1. The van der Waals surface area contributed by atoms with Crippen LogP contribution in [-0.4, -0.2) is 39.8 Å². The van der Waals surface area contributed by atoms with Crippen molar-refractivity contribution in [3.8, 4) is 0 Å². The van der Waals surface area contributed by atoms with Crippen LogP contribution in [0.15, 0.2) is 6.07 Å². The first-order valence-corrected chi connectivity index (χ1v) is 6.85. The molecule has 2 amide bonds. The molecule has 0 bridgehead atoms. The monoisotopic (exact) mass is 276 g/mol. The zero-order chi connectivity index (χ0) is 14.7. The summed E-state index contributed by atoms with van der Waals surface area (Å²) in [6.45, 7) is 4.94. The molecule has 1 aliphatic heterocycles. The van der Waals surface area contributed by atoms with Crippen LogP contribution in [0.2, 0.25) is 0 Å². The van der Waals surface area contributed by atoms with Gasteiger partial charge in [-0.05, 0) is 38.2 Å². The van der Waals surface area contributed by atoms with Gasteiger partial charge in [0.2, 0.25) is 5.91 Å². The molecule has 2 rings (SSSR count). The summed E-state index contributed by atoms with van der Waals surface area (Å²) in [6, 6.07) is 1.65. The minimum atomic E-state index is -0.536. The molecule has 1 atom stereocenters. The molecule has 2 N–H and O–H groups in total. The van der Waals surface area contributed by atoms with Gasteiger partial charge in [-0.3, -0.25) is 9.59 Å². The first-order chi connectivity index (χ1) is 9.45. The van der Waals surface area contributed by atoms with E-state index in [1.165, 1.54) is 0 Å². The highest BCUT2D eigenvalue weighted by atomic mass is 16.2. The smallest absolute Gasteiger partial charge is 0.267 e. The van der Waals surface area contributed by atoms with E-state index in [1.807, 2.05) is 4.90 Å². The number of piperidine rings is 1. The fourth-order valence-electron chi connectivity index (χ4n) is 2.67. The molecular formula is C14H20N4O2. The predicted molar refractivity (Wildman–Crippen MR) is 74.0 cm³/mol. The quantitative estimate of drug-likeness (QED) is 0.879. The van der Waals surface area contributed by atoms with Gasteiger partial charge in [0.05, 0.1) is 0 Å². The van der Waals surface area contributed by atoms with E-state index in [9.17, 15) is 9.59 Å². The van der Waals surface area contributed by atoms with Gasteiger partial charge < -0.3 is 10.6 Å². The molecule has 6 nitrogen and oxygen atoms in total. The molecule has 20 heavy (non-hydrogen) atoms. The summed E-state index contributed by atoms with van der Waals surface area (Å²) in [5.41, 5.74) is 6.34. The van der Waals surface area contributed by atoms with E-state index in [4.69, 9.17) is 5.73 Å². The predicted octanol–water partition coefficient (Wildman–Crippen LogP) is 0.685. The fourth-order valence-corrected chi connectivity index (χ4v) is 2.67. The average Bonchev–Trinajstić information content (AvgIpc) is 2.38. The summed E-state index contributed by atoms with van der Waals surface area (Å²) in [7, 11) is 0. The lowest BCUT2D eigenvalue weighted by Gasteiger charge is -2.32. The van der Waals surface area contributed by atoms with Gasteiger partial charge in [0.25, 0.3) is 5.91 Å². The number of rotatable bonds is 3. The minimum absolute atomic E-state index is 0.117. The van der Waals surface area contributed by atoms with E-state index >= 15 is 0 Å². The highest BCUT2D eigenvalue weighted by Gasteiger charge is 2.22. The third-order valence-corrected chi connectivity index (χ3v) is 3.61. The van der Waals surface area contributed by atoms with E-state index in [0.717, 1.165) is 38.0 Å². The largest absolute Gasteiger partial charge is 0.364 e. The van der Waals surface area contributed by atoms with E-state index in [1.54, 1.807) is 19.9 Å². The molecule has 2 heterocycles. The molecule has 6 heteroatoms. The molecule has 108 valence electrons. The van der Waals surface area contributed by atoms with E-state index in [0.29, 0.717) is 11.7 Å². The van der Waals surface area contributed by atoms with Crippen LogP contribution < -0.4 is 5.73 Å². The molecule has 0 spiro atoms. The summed E-state index contributed by atoms with van der Waals surface area (Å²) in [5, 5.41) is 0. The average molecular weight is 276 g/mol. The maximum Gasteiger partial charge on any atom is 0.267 e. The van der Waals surface area contributed by atoms with E-state index in [2.05, 4.69) is 9.97 Å². The molecular weight excluding hydrogens is 256 g/mol. The van der Waals surface area contributed by atoms with Gasteiger partial charge >= 0.3 is 0 Å². The molecule has 1 aromatic rings. The molecule has 1 saturated heterocycles. The molecule has 1 aliphatic rings. The minimum Gasteiger partial charge on any atom is -0.364 e. The Hall–Kier alpha value is -1.98. The van der Waals surface area contributed by atoms with Crippen molar-refractivity contribution in [1.82, 2.24) is 14.9 Å². The number of likely N-dealkylation sites (tertiary alicyclic amines) is 1. The fraction of sp³-hybridized carbons (Fsp3) is 0.571. The van der Waals surface area contributed by atoms with Crippen LogP contribution in [0.25, 0.3) is 0 Å². The van der Waals surface area contributed by atoms with Crippen LogP contribution >= 0.6 is 0 Å². The maximum absolute atomic E-state index is 11.4. The van der Waals surface area contributed by atoms with Gasteiger partial charge in [0.15, 0.2) is 0 Å². The molecule has 0 saturated carbocycles. The van der Waals surface area contributed by atoms with Gasteiger partial charge in [0, 0.05) is 25.7 Å². The van der Waals surface area contributed by atoms with Crippen molar-refractivity contribution in [2.24, 2.45) is 11.7 Å². The lowest BCUT2D eigenvalue weighted by Crippen LogP contribution is -2.39. The molecule has 0 aromatic carbocycles. The Morgan fingerprint density at radius 1 is 1.45 bits per heavy atom. The van der Waals surface area contributed by atoms with Crippen LogP contribution in [0.3, 0.4) is 0 Å². The van der Waals surface area contributed by atoms with Crippen LogP contribution in [-0.2, 0) is 11.2 Å².